The molecule has 0 aromatic heterocycles. The van der Waals surface area contributed by atoms with Crippen LogP contribution in [0.25, 0.3) is 0 Å². The van der Waals surface area contributed by atoms with Crippen LogP contribution >= 0.6 is 11.6 Å². The van der Waals surface area contributed by atoms with Crippen molar-refractivity contribution in [2.75, 3.05) is 26.3 Å². The lowest BCUT2D eigenvalue weighted by Gasteiger charge is -2.42. The Labute approximate surface area is 130 Å². The first-order valence-electron chi connectivity index (χ1n) is 7.53. The van der Waals surface area contributed by atoms with Crippen molar-refractivity contribution in [3.05, 3.63) is 34.9 Å². The number of hydrogen-bond acceptors (Lipinski definition) is 4. The van der Waals surface area contributed by atoms with Crippen LogP contribution in [0.3, 0.4) is 0 Å². The van der Waals surface area contributed by atoms with E-state index in [1.54, 1.807) is 6.07 Å². The number of ketones is 1. The smallest absolute Gasteiger partial charge is 0.174 e. The molecule has 21 heavy (non-hydrogen) atoms. The van der Waals surface area contributed by atoms with Crippen molar-refractivity contribution >= 4 is 17.4 Å². The number of halogens is 1. The molecular formula is C16H21ClN2O2. The predicted octanol–water partition coefficient (Wildman–Crippen LogP) is 1.95. The molecule has 0 radical (unpaired) electrons. The van der Waals surface area contributed by atoms with Gasteiger partial charge in [0.1, 0.15) is 5.54 Å². The highest BCUT2D eigenvalue weighted by Gasteiger charge is 2.46. The van der Waals surface area contributed by atoms with Gasteiger partial charge in [0.15, 0.2) is 5.78 Å². The minimum absolute atomic E-state index is 0.101. The molecule has 0 bridgehead atoms. The molecule has 2 aliphatic rings. The van der Waals surface area contributed by atoms with E-state index < -0.39 is 5.54 Å². The summed E-state index contributed by atoms with van der Waals surface area (Å²) >= 11 is 6.28. The van der Waals surface area contributed by atoms with Crippen LogP contribution in [0.5, 0.6) is 0 Å². The maximum absolute atomic E-state index is 13.0. The number of carbonyl (C=O) groups excluding carboxylic acids is 1. The van der Waals surface area contributed by atoms with Crippen LogP contribution in [-0.4, -0.2) is 43.0 Å². The van der Waals surface area contributed by atoms with E-state index in [1.807, 2.05) is 18.2 Å². The number of carbonyl (C=O) groups is 1. The molecule has 5 heteroatoms. The van der Waals surface area contributed by atoms with Gasteiger partial charge in [0.2, 0.25) is 0 Å². The third-order valence-electron chi connectivity index (χ3n) is 4.63. The normalized spacial score (nSPS) is 31.3. The maximum Gasteiger partial charge on any atom is 0.174 e. The van der Waals surface area contributed by atoms with E-state index in [0.29, 0.717) is 24.7 Å². The standard InChI is InChI=1S/C16H21ClN2O2/c17-13-5-2-1-4-12(13)16(18)7-3-6-14(15(16)20)19-8-10-21-11-9-19/h1-2,4-5,14H,3,6-11,18H2. The molecule has 114 valence electrons. The summed E-state index contributed by atoms with van der Waals surface area (Å²) in [5, 5.41) is 0.580. The van der Waals surface area contributed by atoms with Crippen LogP contribution in [0.15, 0.2) is 24.3 Å². The number of nitrogens with zero attached hydrogens (tertiary/aromatic N) is 1. The van der Waals surface area contributed by atoms with E-state index >= 15 is 0 Å². The lowest BCUT2D eigenvalue weighted by molar-refractivity contribution is -0.134. The molecule has 1 saturated carbocycles. The number of rotatable bonds is 2. The third-order valence-corrected chi connectivity index (χ3v) is 4.96. The second-order valence-electron chi connectivity index (χ2n) is 5.87. The topological polar surface area (TPSA) is 55.6 Å². The Morgan fingerprint density at radius 2 is 2.00 bits per heavy atom. The monoisotopic (exact) mass is 308 g/mol. The lowest BCUT2D eigenvalue weighted by atomic mass is 9.73. The summed E-state index contributed by atoms with van der Waals surface area (Å²) in [4.78, 5) is 15.2. The average molecular weight is 309 g/mol. The Balaban J connectivity index is 1.89. The summed E-state index contributed by atoms with van der Waals surface area (Å²) in [6.07, 6.45) is 2.48. The molecule has 2 N–H and O–H groups in total. The molecule has 1 aromatic carbocycles. The second-order valence-corrected chi connectivity index (χ2v) is 6.28. The Morgan fingerprint density at radius 3 is 2.71 bits per heavy atom. The summed E-state index contributed by atoms with van der Waals surface area (Å²) in [6, 6.07) is 7.33. The summed E-state index contributed by atoms with van der Waals surface area (Å²) in [6.45, 7) is 2.98. The highest BCUT2D eigenvalue weighted by Crippen LogP contribution is 2.37. The van der Waals surface area contributed by atoms with E-state index in [9.17, 15) is 4.79 Å². The molecule has 2 atom stereocenters. The predicted molar refractivity (Wildman–Crippen MR) is 82.4 cm³/mol. The molecule has 1 saturated heterocycles. The zero-order chi connectivity index (χ0) is 14.9. The molecule has 3 rings (SSSR count). The van der Waals surface area contributed by atoms with E-state index in [2.05, 4.69) is 4.90 Å². The fourth-order valence-electron chi connectivity index (χ4n) is 3.45. The van der Waals surface area contributed by atoms with E-state index in [1.165, 1.54) is 0 Å². The third kappa shape index (κ3) is 2.73. The first-order valence-corrected chi connectivity index (χ1v) is 7.91. The zero-order valence-electron chi connectivity index (χ0n) is 12.1. The van der Waals surface area contributed by atoms with E-state index in [0.717, 1.165) is 31.5 Å². The van der Waals surface area contributed by atoms with Gasteiger partial charge in [-0.3, -0.25) is 9.69 Å². The largest absolute Gasteiger partial charge is 0.379 e. The molecule has 1 aliphatic carbocycles. The van der Waals surface area contributed by atoms with Gasteiger partial charge in [-0.2, -0.15) is 0 Å². The number of ether oxygens (including phenoxy) is 1. The van der Waals surface area contributed by atoms with Crippen LogP contribution < -0.4 is 5.73 Å². The van der Waals surface area contributed by atoms with Crippen molar-refractivity contribution in [3.8, 4) is 0 Å². The summed E-state index contributed by atoms with van der Waals surface area (Å²) in [7, 11) is 0. The Kier molecular flexibility index (Phi) is 4.31. The van der Waals surface area contributed by atoms with Crippen LogP contribution in [0, 0.1) is 0 Å². The molecular weight excluding hydrogens is 288 g/mol. The molecule has 0 spiro atoms. The van der Waals surface area contributed by atoms with Crippen molar-refractivity contribution in [1.82, 2.24) is 4.90 Å². The second kappa shape index (κ2) is 6.05. The fraction of sp³-hybridized carbons (Fsp3) is 0.562. The number of hydrogen-bond donors (Lipinski definition) is 1. The highest BCUT2D eigenvalue weighted by atomic mass is 35.5. The van der Waals surface area contributed by atoms with Crippen LogP contribution in [0.2, 0.25) is 5.02 Å². The average Bonchev–Trinajstić information content (AvgIpc) is 2.51. The van der Waals surface area contributed by atoms with Gasteiger partial charge < -0.3 is 10.5 Å². The van der Waals surface area contributed by atoms with Crippen LogP contribution in [-0.2, 0) is 15.1 Å². The summed E-state index contributed by atoms with van der Waals surface area (Å²) in [5.74, 6) is 0.101. The molecule has 1 aliphatic heterocycles. The van der Waals surface area contributed by atoms with Gasteiger partial charge in [-0.1, -0.05) is 29.8 Å². The van der Waals surface area contributed by atoms with Crippen molar-refractivity contribution in [1.29, 1.82) is 0 Å². The van der Waals surface area contributed by atoms with Gasteiger partial charge in [-0.25, -0.2) is 0 Å². The molecule has 1 aromatic rings. The molecule has 0 amide bonds. The quantitative estimate of drug-likeness (QED) is 0.907. The number of Topliss-reactive ketones (excluding diaryl/α,β-unsaturated/α-hetero) is 1. The van der Waals surface area contributed by atoms with Crippen molar-refractivity contribution in [3.63, 3.8) is 0 Å². The van der Waals surface area contributed by atoms with E-state index in [-0.39, 0.29) is 11.8 Å². The Morgan fingerprint density at radius 1 is 1.29 bits per heavy atom. The molecule has 2 fully saturated rings. The number of benzene rings is 1. The van der Waals surface area contributed by atoms with Crippen molar-refractivity contribution in [2.45, 2.75) is 30.8 Å². The molecule has 4 nitrogen and oxygen atoms in total. The Bertz CT molecular complexity index is 531. The lowest BCUT2D eigenvalue weighted by Crippen LogP contribution is -2.59. The first-order chi connectivity index (χ1) is 10.1. The van der Waals surface area contributed by atoms with Gasteiger partial charge in [-0.15, -0.1) is 0 Å². The van der Waals surface area contributed by atoms with Crippen molar-refractivity contribution < 1.29 is 9.53 Å². The van der Waals surface area contributed by atoms with Gasteiger partial charge >= 0.3 is 0 Å². The Hall–Kier alpha value is -0.940. The minimum Gasteiger partial charge on any atom is -0.379 e. The van der Waals surface area contributed by atoms with Crippen molar-refractivity contribution in [2.24, 2.45) is 5.73 Å². The van der Waals surface area contributed by atoms with Crippen LogP contribution in [0.1, 0.15) is 24.8 Å². The van der Waals surface area contributed by atoms with Gasteiger partial charge in [0, 0.05) is 18.1 Å². The summed E-state index contributed by atoms with van der Waals surface area (Å²) < 4.78 is 5.38. The number of nitrogens with two attached hydrogens (primary N) is 1. The SMILES string of the molecule is NC1(c2ccccc2Cl)CCCC(N2CCOCC2)C1=O. The molecule has 1 heterocycles. The first kappa shape index (κ1) is 15.0. The number of morpholine rings is 1. The van der Waals surface area contributed by atoms with Crippen LogP contribution in [0.4, 0.5) is 0 Å². The molecule has 2 unspecified atom stereocenters. The summed E-state index contributed by atoms with van der Waals surface area (Å²) in [5.41, 5.74) is 6.33. The van der Waals surface area contributed by atoms with E-state index in [4.69, 9.17) is 22.1 Å². The van der Waals surface area contributed by atoms with Gasteiger partial charge in [-0.05, 0) is 30.9 Å². The maximum atomic E-state index is 13.0. The minimum atomic E-state index is -0.959. The highest BCUT2D eigenvalue weighted by molar-refractivity contribution is 6.31. The zero-order valence-corrected chi connectivity index (χ0v) is 12.8. The van der Waals surface area contributed by atoms with Gasteiger partial charge in [0.25, 0.3) is 0 Å². The fourth-order valence-corrected chi connectivity index (χ4v) is 3.76. The van der Waals surface area contributed by atoms with Gasteiger partial charge in [0.05, 0.1) is 19.3 Å².